The molecule has 144 valence electrons. The van der Waals surface area contributed by atoms with Gasteiger partial charge in [-0.15, -0.1) is 12.4 Å². The van der Waals surface area contributed by atoms with Crippen LogP contribution in [0.25, 0.3) is 0 Å². The lowest BCUT2D eigenvalue weighted by molar-refractivity contribution is -0.135. The Morgan fingerprint density at radius 2 is 1.96 bits per heavy atom. The SMILES string of the molecule is CC(C)c1nn(C)c(N(C)C)c1CNCCC(=O)N1CCOCC1.Cl. The van der Waals surface area contributed by atoms with Crippen molar-refractivity contribution in [2.75, 3.05) is 51.8 Å². The van der Waals surface area contributed by atoms with Gasteiger partial charge in [0, 0.05) is 59.3 Å². The average molecular weight is 374 g/mol. The maximum atomic E-state index is 12.2. The molecule has 25 heavy (non-hydrogen) atoms. The summed E-state index contributed by atoms with van der Waals surface area (Å²) < 4.78 is 7.22. The number of rotatable bonds is 7. The van der Waals surface area contributed by atoms with Crippen molar-refractivity contribution >= 4 is 24.1 Å². The van der Waals surface area contributed by atoms with E-state index in [2.05, 4.69) is 29.2 Å². The molecule has 0 bridgehead atoms. The summed E-state index contributed by atoms with van der Waals surface area (Å²) in [6, 6.07) is 0. The van der Waals surface area contributed by atoms with Crippen LogP contribution in [0.5, 0.6) is 0 Å². The molecule has 1 aromatic rings. The van der Waals surface area contributed by atoms with Gasteiger partial charge in [-0.05, 0) is 5.92 Å². The fraction of sp³-hybridized carbons (Fsp3) is 0.765. The van der Waals surface area contributed by atoms with Crippen molar-refractivity contribution < 1.29 is 9.53 Å². The molecule has 2 rings (SSSR count). The lowest BCUT2D eigenvalue weighted by Crippen LogP contribution is -2.41. The first kappa shape index (κ1) is 21.7. The van der Waals surface area contributed by atoms with E-state index in [9.17, 15) is 4.79 Å². The van der Waals surface area contributed by atoms with Gasteiger partial charge in [-0.2, -0.15) is 5.10 Å². The number of anilines is 1. The summed E-state index contributed by atoms with van der Waals surface area (Å²) in [5.41, 5.74) is 2.34. The van der Waals surface area contributed by atoms with Crippen molar-refractivity contribution in [2.24, 2.45) is 7.05 Å². The topological polar surface area (TPSA) is 62.6 Å². The largest absolute Gasteiger partial charge is 0.378 e. The quantitative estimate of drug-likeness (QED) is 0.731. The van der Waals surface area contributed by atoms with Crippen LogP contribution in [-0.2, 0) is 23.1 Å². The molecule has 7 nitrogen and oxygen atoms in total. The molecule has 0 spiro atoms. The maximum Gasteiger partial charge on any atom is 0.224 e. The minimum atomic E-state index is 0. The van der Waals surface area contributed by atoms with Crippen LogP contribution >= 0.6 is 12.4 Å². The van der Waals surface area contributed by atoms with Gasteiger partial charge in [-0.25, -0.2) is 0 Å². The van der Waals surface area contributed by atoms with Crippen LogP contribution in [0, 0.1) is 0 Å². The van der Waals surface area contributed by atoms with E-state index < -0.39 is 0 Å². The molecule has 0 unspecified atom stereocenters. The summed E-state index contributed by atoms with van der Waals surface area (Å²) >= 11 is 0. The summed E-state index contributed by atoms with van der Waals surface area (Å²) in [5.74, 6) is 1.69. The third-order valence-electron chi connectivity index (χ3n) is 4.30. The first-order chi connectivity index (χ1) is 11.4. The summed E-state index contributed by atoms with van der Waals surface area (Å²) in [4.78, 5) is 16.2. The molecule has 1 aliphatic rings. The van der Waals surface area contributed by atoms with Crippen LogP contribution < -0.4 is 10.2 Å². The Labute approximate surface area is 157 Å². The summed E-state index contributed by atoms with van der Waals surface area (Å²) in [7, 11) is 6.05. The monoisotopic (exact) mass is 373 g/mol. The van der Waals surface area contributed by atoms with Crippen LogP contribution in [0.2, 0.25) is 0 Å². The molecule has 1 saturated heterocycles. The highest BCUT2D eigenvalue weighted by Gasteiger charge is 2.20. The molecule has 0 radical (unpaired) electrons. The van der Waals surface area contributed by atoms with Crippen molar-refractivity contribution in [3.05, 3.63) is 11.3 Å². The summed E-state index contributed by atoms with van der Waals surface area (Å²) in [6.07, 6.45) is 0.522. The van der Waals surface area contributed by atoms with Gasteiger partial charge in [0.15, 0.2) is 0 Å². The predicted octanol–water partition coefficient (Wildman–Crippen LogP) is 1.37. The zero-order chi connectivity index (χ0) is 17.7. The number of hydrogen-bond donors (Lipinski definition) is 1. The zero-order valence-electron chi connectivity index (χ0n) is 16.0. The second-order valence-electron chi connectivity index (χ2n) is 6.78. The van der Waals surface area contributed by atoms with Gasteiger partial charge in [-0.1, -0.05) is 13.8 Å². The standard InChI is InChI=1S/C17H31N5O2.ClH/c1-13(2)16-14(17(20(3)4)21(5)19-16)12-18-7-6-15(23)22-8-10-24-11-9-22;/h13,18H,6-12H2,1-5H3;1H. The second kappa shape index (κ2) is 9.99. The number of amides is 1. The Morgan fingerprint density at radius 3 is 2.52 bits per heavy atom. The molecule has 1 N–H and O–H groups in total. The van der Waals surface area contributed by atoms with Crippen LogP contribution in [0.15, 0.2) is 0 Å². The third kappa shape index (κ3) is 5.59. The number of carbonyl (C=O) groups is 1. The van der Waals surface area contributed by atoms with E-state index >= 15 is 0 Å². The molecule has 0 saturated carbocycles. The summed E-state index contributed by atoms with van der Waals surface area (Å²) in [5, 5.41) is 8.08. The van der Waals surface area contributed by atoms with Crippen LogP contribution in [0.4, 0.5) is 5.82 Å². The minimum Gasteiger partial charge on any atom is -0.378 e. The molecule has 0 aromatic carbocycles. The molecule has 0 aliphatic carbocycles. The number of halogens is 1. The minimum absolute atomic E-state index is 0. The fourth-order valence-corrected chi connectivity index (χ4v) is 3.15. The smallest absolute Gasteiger partial charge is 0.224 e. The average Bonchev–Trinajstić information content (AvgIpc) is 2.89. The number of carbonyl (C=O) groups excluding carboxylic acids is 1. The highest BCUT2D eigenvalue weighted by molar-refractivity contribution is 5.85. The normalized spacial score (nSPS) is 14.6. The highest BCUT2D eigenvalue weighted by Crippen LogP contribution is 2.26. The van der Waals surface area contributed by atoms with Crippen molar-refractivity contribution in [3.8, 4) is 0 Å². The number of aryl methyl sites for hydroxylation is 1. The van der Waals surface area contributed by atoms with E-state index in [0.29, 0.717) is 45.2 Å². The van der Waals surface area contributed by atoms with Gasteiger partial charge < -0.3 is 19.9 Å². The number of hydrogen-bond acceptors (Lipinski definition) is 5. The number of ether oxygens (including phenoxy) is 1. The van der Waals surface area contributed by atoms with E-state index in [4.69, 9.17) is 4.74 Å². The molecular weight excluding hydrogens is 342 g/mol. The molecule has 0 atom stereocenters. The van der Waals surface area contributed by atoms with Gasteiger partial charge in [0.2, 0.25) is 5.91 Å². The van der Waals surface area contributed by atoms with E-state index in [1.807, 2.05) is 30.7 Å². The lowest BCUT2D eigenvalue weighted by Gasteiger charge is -2.26. The van der Waals surface area contributed by atoms with Crippen molar-refractivity contribution in [3.63, 3.8) is 0 Å². The Morgan fingerprint density at radius 1 is 1.32 bits per heavy atom. The predicted molar refractivity (Wildman–Crippen MR) is 103 cm³/mol. The Bertz CT molecular complexity index is 553. The molecular formula is C17H32ClN5O2. The molecule has 1 aliphatic heterocycles. The lowest BCUT2D eigenvalue weighted by atomic mass is 10.1. The van der Waals surface area contributed by atoms with Gasteiger partial charge in [0.05, 0.1) is 18.9 Å². The van der Waals surface area contributed by atoms with Gasteiger partial charge in [0.1, 0.15) is 5.82 Å². The number of aromatic nitrogens is 2. The Kier molecular flexibility index (Phi) is 8.68. The van der Waals surface area contributed by atoms with Gasteiger partial charge >= 0.3 is 0 Å². The fourth-order valence-electron chi connectivity index (χ4n) is 3.15. The number of nitrogens with one attached hydrogen (secondary N) is 1. The molecule has 1 fully saturated rings. The Hall–Kier alpha value is -1.31. The Balaban J connectivity index is 0.00000312. The first-order valence-corrected chi connectivity index (χ1v) is 8.71. The van der Waals surface area contributed by atoms with Crippen molar-refractivity contribution in [1.29, 1.82) is 0 Å². The zero-order valence-corrected chi connectivity index (χ0v) is 16.9. The van der Waals surface area contributed by atoms with Crippen LogP contribution in [0.3, 0.4) is 0 Å². The van der Waals surface area contributed by atoms with E-state index in [1.54, 1.807) is 0 Å². The van der Waals surface area contributed by atoms with E-state index in [-0.39, 0.29) is 18.3 Å². The molecule has 1 amide bonds. The van der Waals surface area contributed by atoms with Gasteiger partial charge in [0.25, 0.3) is 0 Å². The van der Waals surface area contributed by atoms with Crippen LogP contribution in [-0.4, -0.2) is 67.5 Å². The van der Waals surface area contributed by atoms with Gasteiger partial charge in [-0.3, -0.25) is 9.48 Å². The molecule has 2 heterocycles. The third-order valence-corrected chi connectivity index (χ3v) is 4.30. The first-order valence-electron chi connectivity index (χ1n) is 8.71. The van der Waals surface area contributed by atoms with E-state index in [1.165, 1.54) is 5.56 Å². The molecule has 8 heteroatoms. The summed E-state index contributed by atoms with van der Waals surface area (Å²) in [6.45, 7) is 8.45. The highest BCUT2D eigenvalue weighted by atomic mass is 35.5. The second-order valence-corrected chi connectivity index (χ2v) is 6.78. The van der Waals surface area contributed by atoms with Crippen LogP contribution in [0.1, 0.15) is 37.4 Å². The maximum absolute atomic E-state index is 12.2. The molecule has 1 aromatic heterocycles. The number of morpholine rings is 1. The van der Waals surface area contributed by atoms with Crippen molar-refractivity contribution in [2.45, 2.75) is 32.7 Å². The number of nitrogens with zero attached hydrogens (tertiary/aromatic N) is 4. The van der Waals surface area contributed by atoms with Crippen molar-refractivity contribution in [1.82, 2.24) is 20.0 Å². The van der Waals surface area contributed by atoms with E-state index in [0.717, 1.165) is 18.1 Å².